The van der Waals surface area contributed by atoms with Crippen molar-refractivity contribution >= 4 is 29.0 Å². The summed E-state index contributed by atoms with van der Waals surface area (Å²) in [6, 6.07) is 11.9. The van der Waals surface area contributed by atoms with Crippen LogP contribution in [0.25, 0.3) is 0 Å². The number of nitrogens with one attached hydrogen (secondary N) is 1. The lowest BCUT2D eigenvalue weighted by molar-refractivity contribution is 0.290. The molecule has 1 fully saturated rings. The maximum absolute atomic E-state index is 5.91. The van der Waals surface area contributed by atoms with Gasteiger partial charge in [-0.25, -0.2) is 0 Å². The molecule has 0 bridgehead atoms. The van der Waals surface area contributed by atoms with Crippen LogP contribution >= 0.6 is 11.8 Å². The molecule has 4 nitrogen and oxygen atoms in total. The molecule has 0 unspecified atom stereocenters. The van der Waals surface area contributed by atoms with Gasteiger partial charge in [-0.3, -0.25) is 0 Å². The summed E-state index contributed by atoms with van der Waals surface area (Å²) >= 11 is 1.72. The highest BCUT2D eigenvalue weighted by Crippen LogP contribution is 2.31. The number of rotatable bonds is 6. The molecule has 0 aliphatic heterocycles. The van der Waals surface area contributed by atoms with E-state index in [0.717, 1.165) is 11.5 Å². The van der Waals surface area contributed by atoms with Crippen LogP contribution in [0.2, 0.25) is 0 Å². The zero-order valence-electron chi connectivity index (χ0n) is 12.0. The van der Waals surface area contributed by atoms with Gasteiger partial charge in [0.2, 0.25) is 5.88 Å². The Bertz CT molecular complexity index is 611. The van der Waals surface area contributed by atoms with Crippen molar-refractivity contribution in [2.24, 2.45) is 5.92 Å². The zero-order chi connectivity index (χ0) is 14.7. The van der Waals surface area contributed by atoms with Crippen LogP contribution in [-0.4, -0.2) is 17.8 Å². The topological polar surface area (TPSA) is 60.2 Å². The Morgan fingerprint density at radius 1 is 1.24 bits per heavy atom. The number of anilines is 3. The Morgan fingerprint density at radius 2 is 2.00 bits per heavy atom. The molecule has 0 atom stereocenters. The summed E-state index contributed by atoms with van der Waals surface area (Å²) < 4.78 is 5.70. The molecule has 1 aliphatic carbocycles. The second-order valence-corrected chi connectivity index (χ2v) is 6.08. The van der Waals surface area contributed by atoms with Gasteiger partial charge in [0.1, 0.15) is 5.82 Å². The molecule has 21 heavy (non-hydrogen) atoms. The van der Waals surface area contributed by atoms with E-state index in [0.29, 0.717) is 24.1 Å². The molecule has 1 heterocycles. The molecule has 0 amide bonds. The molecule has 0 radical (unpaired) electrons. The number of ether oxygens (including phenoxy) is 1. The normalized spacial score (nSPS) is 14.0. The molecule has 0 saturated heterocycles. The van der Waals surface area contributed by atoms with Gasteiger partial charge in [-0.2, -0.15) is 4.98 Å². The number of aromatic nitrogens is 1. The molecule has 3 N–H and O–H groups in total. The minimum Gasteiger partial charge on any atom is -0.476 e. The number of thioether (sulfide) groups is 1. The van der Waals surface area contributed by atoms with Crippen LogP contribution in [0.4, 0.5) is 17.2 Å². The molecule has 3 rings (SSSR count). The summed E-state index contributed by atoms with van der Waals surface area (Å²) in [7, 11) is 0. The van der Waals surface area contributed by atoms with Crippen LogP contribution in [-0.2, 0) is 0 Å². The minimum atomic E-state index is 0.521. The van der Waals surface area contributed by atoms with E-state index in [2.05, 4.69) is 28.7 Å². The van der Waals surface area contributed by atoms with Crippen LogP contribution in [0.5, 0.6) is 5.88 Å². The van der Waals surface area contributed by atoms with Gasteiger partial charge in [0.05, 0.1) is 12.3 Å². The van der Waals surface area contributed by atoms with E-state index < -0.39 is 0 Å². The molecule has 1 aromatic heterocycles. The van der Waals surface area contributed by atoms with Gasteiger partial charge in [0.15, 0.2) is 0 Å². The fourth-order valence-corrected chi connectivity index (χ4v) is 2.35. The van der Waals surface area contributed by atoms with Gasteiger partial charge in [0.25, 0.3) is 0 Å². The third-order valence-electron chi connectivity index (χ3n) is 3.40. The van der Waals surface area contributed by atoms with Crippen molar-refractivity contribution in [3.8, 4) is 5.88 Å². The first-order valence-electron chi connectivity index (χ1n) is 7.05. The first-order chi connectivity index (χ1) is 10.2. The standard InChI is InChI=1S/C16H19N3OS/c1-21-13-6-4-12(5-7-13)18-15-9-8-14(17)16(19-15)20-10-11-2-3-11/h4-9,11H,2-3,10,17H2,1H3,(H,18,19). The van der Waals surface area contributed by atoms with Crippen LogP contribution in [0.1, 0.15) is 12.8 Å². The Morgan fingerprint density at radius 3 is 2.67 bits per heavy atom. The number of nitrogen functional groups attached to an aromatic ring is 1. The highest BCUT2D eigenvalue weighted by molar-refractivity contribution is 7.98. The number of hydrogen-bond donors (Lipinski definition) is 2. The van der Waals surface area contributed by atoms with Gasteiger partial charge in [-0.05, 0) is 61.4 Å². The fourth-order valence-electron chi connectivity index (χ4n) is 1.94. The molecular formula is C16H19N3OS. The van der Waals surface area contributed by atoms with Crippen molar-refractivity contribution in [1.29, 1.82) is 0 Å². The first kappa shape index (κ1) is 14.1. The Hall–Kier alpha value is -1.88. The molecular weight excluding hydrogens is 282 g/mol. The SMILES string of the molecule is CSc1ccc(Nc2ccc(N)c(OCC3CC3)n2)cc1. The fraction of sp³-hybridized carbons (Fsp3) is 0.312. The second kappa shape index (κ2) is 6.26. The largest absolute Gasteiger partial charge is 0.476 e. The maximum atomic E-state index is 5.91. The summed E-state index contributed by atoms with van der Waals surface area (Å²) in [6.45, 7) is 0.711. The Labute approximate surface area is 129 Å². The van der Waals surface area contributed by atoms with Crippen molar-refractivity contribution in [3.05, 3.63) is 36.4 Å². The first-order valence-corrected chi connectivity index (χ1v) is 8.27. The number of hydrogen-bond acceptors (Lipinski definition) is 5. The second-order valence-electron chi connectivity index (χ2n) is 5.20. The van der Waals surface area contributed by atoms with Crippen LogP contribution in [0, 0.1) is 5.92 Å². The van der Waals surface area contributed by atoms with Crippen LogP contribution < -0.4 is 15.8 Å². The van der Waals surface area contributed by atoms with Crippen molar-refractivity contribution in [2.75, 3.05) is 23.9 Å². The van der Waals surface area contributed by atoms with Gasteiger partial charge >= 0.3 is 0 Å². The lowest BCUT2D eigenvalue weighted by Crippen LogP contribution is -2.05. The van der Waals surface area contributed by atoms with Crippen molar-refractivity contribution in [1.82, 2.24) is 4.98 Å². The molecule has 1 aliphatic rings. The van der Waals surface area contributed by atoms with E-state index >= 15 is 0 Å². The quantitative estimate of drug-likeness (QED) is 0.792. The van der Waals surface area contributed by atoms with Gasteiger partial charge in [-0.15, -0.1) is 11.8 Å². The highest BCUT2D eigenvalue weighted by Gasteiger charge is 2.22. The predicted octanol–water partition coefficient (Wildman–Crippen LogP) is 3.92. The summed E-state index contributed by atoms with van der Waals surface area (Å²) in [5.74, 6) is 1.95. The minimum absolute atomic E-state index is 0.521. The van der Waals surface area contributed by atoms with Crippen LogP contribution in [0.3, 0.4) is 0 Å². The number of nitrogens with zero attached hydrogens (tertiary/aromatic N) is 1. The molecule has 0 spiro atoms. The van der Waals surface area contributed by atoms with E-state index in [1.807, 2.05) is 24.3 Å². The average Bonchev–Trinajstić information content (AvgIpc) is 3.33. The molecule has 110 valence electrons. The Kier molecular flexibility index (Phi) is 4.20. The molecule has 1 saturated carbocycles. The van der Waals surface area contributed by atoms with Crippen molar-refractivity contribution in [3.63, 3.8) is 0 Å². The van der Waals surface area contributed by atoms with Gasteiger partial charge in [0, 0.05) is 10.6 Å². The third-order valence-corrected chi connectivity index (χ3v) is 4.15. The summed E-state index contributed by atoms with van der Waals surface area (Å²) in [4.78, 5) is 5.68. The van der Waals surface area contributed by atoms with E-state index in [-0.39, 0.29) is 0 Å². The Balaban J connectivity index is 1.69. The van der Waals surface area contributed by atoms with E-state index in [4.69, 9.17) is 10.5 Å². The maximum Gasteiger partial charge on any atom is 0.239 e. The average molecular weight is 301 g/mol. The molecule has 5 heteroatoms. The monoisotopic (exact) mass is 301 g/mol. The highest BCUT2D eigenvalue weighted by atomic mass is 32.2. The van der Waals surface area contributed by atoms with E-state index in [1.165, 1.54) is 17.7 Å². The van der Waals surface area contributed by atoms with E-state index in [1.54, 1.807) is 11.8 Å². The van der Waals surface area contributed by atoms with Crippen LogP contribution in [0.15, 0.2) is 41.3 Å². The summed E-state index contributed by atoms with van der Waals surface area (Å²) in [5, 5.41) is 3.27. The zero-order valence-corrected chi connectivity index (χ0v) is 12.8. The molecule has 1 aromatic carbocycles. The number of nitrogens with two attached hydrogens (primary N) is 1. The lowest BCUT2D eigenvalue weighted by atomic mass is 10.3. The number of benzene rings is 1. The predicted molar refractivity (Wildman–Crippen MR) is 88.4 cm³/mol. The van der Waals surface area contributed by atoms with Gasteiger partial charge < -0.3 is 15.8 Å². The number of pyridine rings is 1. The third kappa shape index (κ3) is 3.82. The summed E-state index contributed by atoms with van der Waals surface area (Å²) in [6.07, 6.45) is 4.56. The van der Waals surface area contributed by atoms with Crippen molar-refractivity contribution in [2.45, 2.75) is 17.7 Å². The van der Waals surface area contributed by atoms with E-state index in [9.17, 15) is 0 Å². The van der Waals surface area contributed by atoms with Gasteiger partial charge in [-0.1, -0.05) is 0 Å². The summed E-state index contributed by atoms with van der Waals surface area (Å²) in [5.41, 5.74) is 7.49. The lowest BCUT2D eigenvalue weighted by Gasteiger charge is -2.11. The van der Waals surface area contributed by atoms with Crippen molar-refractivity contribution < 1.29 is 4.74 Å². The molecule has 2 aromatic rings. The smallest absolute Gasteiger partial charge is 0.239 e.